The lowest BCUT2D eigenvalue weighted by Gasteiger charge is -2.17. The molecule has 0 spiro atoms. The number of benzene rings is 1. The van der Waals surface area contributed by atoms with Gasteiger partial charge in [0, 0.05) is 37.0 Å². The van der Waals surface area contributed by atoms with Gasteiger partial charge in [-0.15, -0.1) is 0 Å². The Bertz CT molecular complexity index is 1770. The highest BCUT2D eigenvalue weighted by atomic mass is 35.5. The number of urea groups is 1. The van der Waals surface area contributed by atoms with E-state index in [9.17, 15) is 14.4 Å². The average molecular weight is 589 g/mol. The summed E-state index contributed by atoms with van der Waals surface area (Å²) in [7, 11) is 1.48. The smallest absolute Gasteiger partial charge is 0.331 e. The fourth-order valence-corrected chi connectivity index (χ4v) is 5.57. The van der Waals surface area contributed by atoms with E-state index >= 15 is 4.39 Å². The highest BCUT2D eigenvalue weighted by Crippen LogP contribution is 2.56. The lowest BCUT2D eigenvalue weighted by molar-refractivity contribution is -0.124. The third kappa shape index (κ3) is 4.71. The topological polar surface area (TPSA) is 125 Å². The minimum absolute atomic E-state index is 0.0293. The summed E-state index contributed by atoms with van der Waals surface area (Å²) >= 11 is 6.00. The second-order valence-electron chi connectivity index (χ2n) is 11.0. The van der Waals surface area contributed by atoms with Gasteiger partial charge < -0.3 is 15.0 Å². The third-order valence-corrected chi connectivity index (χ3v) is 8.25. The van der Waals surface area contributed by atoms with Crippen LogP contribution in [0.2, 0.25) is 5.02 Å². The number of imide groups is 1. The zero-order valence-electron chi connectivity index (χ0n) is 22.6. The van der Waals surface area contributed by atoms with E-state index in [0.717, 1.165) is 23.3 Å². The number of alkyl halides is 1. The number of carbonyl (C=O) groups is 3. The van der Waals surface area contributed by atoms with Crippen molar-refractivity contribution in [2.45, 2.75) is 37.4 Å². The number of hydrogen-bond donors (Lipinski definition) is 2. The third-order valence-electron chi connectivity index (χ3n) is 8.01. The molecular weight excluding hydrogens is 563 g/mol. The number of nitrogens with one attached hydrogen (secondary N) is 2. The van der Waals surface area contributed by atoms with Crippen molar-refractivity contribution in [1.29, 1.82) is 0 Å². The average Bonchev–Trinajstić information content (AvgIpc) is 3.88. The molecule has 42 heavy (non-hydrogen) atoms. The number of nitrogens with zero attached hydrogens (tertiary/aromatic N) is 6. The molecule has 2 N–H and O–H groups in total. The Morgan fingerprint density at radius 1 is 1.14 bits per heavy atom. The summed E-state index contributed by atoms with van der Waals surface area (Å²) in [5.74, 6) is -0.462. The van der Waals surface area contributed by atoms with Crippen molar-refractivity contribution < 1.29 is 18.8 Å². The van der Waals surface area contributed by atoms with Crippen LogP contribution in [0, 0.1) is 5.92 Å². The molecule has 1 aromatic carbocycles. The number of pyridine rings is 1. The van der Waals surface area contributed by atoms with E-state index in [4.69, 9.17) is 16.6 Å². The van der Waals surface area contributed by atoms with Crippen molar-refractivity contribution in [2.24, 2.45) is 5.92 Å². The van der Waals surface area contributed by atoms with Gasteiger partial charge in [-0.25, -0.2) is 24.1 Å². The van der Waals surface area contributed by atoms with Crippen LogP contribution in [0.1, 0.15) is 42.0 Å². The van der Waals surface area contributed by atoms with Crippen LogP contribution in [0.3, 0.4) is 0 Å². The van der Waals surface area contributed by atoms with Crippen LogP contribution in [-0.2, 0) is 21.8 Å². The molecular formula is C29H26ClFN8O3. The largest absolute Gasteiger partial charge is 0.364 e. The molecule has 0 unspecified atom stereocenters. The fourth-order valence-electron chi connectivity index (χ4n) is 5.38. The summed E-state index contributed by atoms with van der Waals surface area (Å²) in [6.45, 7) is 0.264. The molecule has 0 radical (unpaired) electrons. The molecule has 0 bridgehead atoms. The first-order valence-corrected chi connectivity index (χ1v) is 14.0. The van der Waals surface area contributed by atoms with Gasteiger partial charge in [0.05, 0.1) is 23.8 Å². The fraction of sp³-hybridized carbons (Fsp3) is 0.310. The van der Waals surface area contributed by atoms with Crippen LogP contribution in [-0.4, -0.2) is 55.7 Å². The normalized spacial score (nSPS) is 21.7. The minimum Gasteiger partial charge on any atom is -0.364 e. The number of amides is 4. The van der Waals surface area contributed by atoms with Crippen LogP contribution >= 0.6 is 11.6 Å². The van der Waals surface area contributed by atoms with E-state index in [1.807, 2.05) is 22.9 Å². The van der Waals surface area contributed by atoms with Crippen molar-refractivity contribution in [3.05, 3.63) is 77.0 Å². The van der Waals surface area contributed by atoms with E-state index in [2.05, 4.69) is 20.6 Å². The Kier molecular flexibility index (Phi) is 6.12. The van der Waals surface area contributed by atoms with E-state index in [-0.39, 0.29) is 30.7 Å². The van der Waals surface area contributed by atoms with Gasteiger partial charge in [0.15, 0.2) is 5.65 Å². The Balaban J connectivity index is 1.06. The second kappa shape index (κ2) is 9.76. The predicted molar refractivity (Wildman–Crippen MR) is 153 cm³/mol. The Hall–Kier alpha value is -4.58. The summed E-state index contributed by atoms with van der Waals surface area (Å²) in [4.78, 5) is 53.4. The molecule has 4 aromatic rings. The molecule has 3 aliphatic rings. The van der Waals surface area contributed by atoms with Gasteiger partial charge in [-0.3, -0.25) is 19.4 Å². The predicted octanol–water partition coefficient (Wildman–Crippen LogP) is 4.49. The zero-order chi connectivity index (χ0) is 29.2. The molecule has 3 fully saturated rings. The number of fused-ring (bicyclic) bond motifs is 1. The number of likely N-dealkylation sites (N-methyl/N-ethyl adjacent to an activating group) is 1. The molecule has 2 atom stereocenters. The Morgan fingerprint density at radius 3 is 2.69 bits per heavy atom. The number of imidazole rings is 1. The van der Waals surface area contributed by atoms with E-state index in [0.29, 0.717) is 45.9 Å². The van der Waals surface area contributed by atoms with Crippen LogP contribution in [0.25, 0.3) is 5.65 Å². The SMILES string of the molecule is CN1C(=O)CN(c2cc(C3CC3)cn3cc(CNc4cc(NC(=O)[C@H]5C[C@]5(F)c5cccc(Cl)c5)ncn4)nc23)C1=O. The van der Waals surface area contributed by atoms with Crippen LogP contribution < -0.4 is 15.5 Å². The molecule has 3 aromatic heterocycles. The van der Waals surface area contributed by atoms with Crippen molar-refractivity contribution in [2.75, 3.05) is 29.1 Å². The number of halogens is 2. The number of hydrogen-bond acceptors (Lipinski definition) is 7. The molecule has 7 rings (SSSR count). The van der Waals surface area contributed by atoms with Gasteiger partial charge in [-0.2, -0.15) is 0 Å². The van der Waals surface area contributed by atoms with Gasteiger partial charge in [-0.05, 0) is 48.1 Å². The van der Waals surface area contributed by atoms with Crippen molar-refractivity contribution in [3.63, 3.8) is 0 Å². The maximum atomic E-state index is 15.4. The number of carbonyl (C=O) groups excluding carboxylic acids is 3. The van der Waals surface area contributed by atoms with Crippen molar-refractivity contribution in [1.82, 2.24) is 24.3 Å². The van der Waals surface area contributed by atoms with Gasteiger partial charge in [0.2, 0.25) is 11.8 Å². The monoisotopic (exact) mass is 588 g/mol. The first kappa shape index (κ1) is 26.3. The van der Waals surface area contributed by atoms with Gasteiger partial charge in [-0.1, -0.05) is 23.7 Å². The number of anilines is 3. The molecule has 2 aliphatic carbocycles. The quantitative estimate of drug-likeness (QED) is 0.291. The molecule has 4 amide bonds. The van der Waals surface area contributed by atoms with Gasteiger partial charge in [0.25, 0.3) is 0 Å². The number of aromatic nitrogens is 4. The van der Waals surface area contributed by atoms with Gasteiger partial charge >= 0.3 is 6.03 Å². The summed E-state index contributed by atoms with van der Waals surface area (Å²) < 4.78 is 17.2. The first-order valence-electron chi connectivity index (χ1n) is 13.6. The van der Waals surface area contributed by atoms with Crippen LogP contribution in [0.5, 0.6) is 0 Å². The first-order chi connectivity index (χ1) is 20.2. The number of rotatable bonds is 8. The summed E-state index contributed by atoms with van der Waals surface area (Å²) in [5.41, 5.74) is 1.58. The van der Waals surface area contributed by atoms with E-state index in [1.165, 1.54) is 24.3 Å². The molecule has 2 saturated carbocycles. The lowest BCUT2D eigenvalue weighted by Crippen LogP contribution is -2.30. The molecule has 1 aliphatic heterocycles. The van der Waals surface area contributed by atoms with Crippen LogP contribution in [0.15, 0.2) is 55.1 Å². The zero-order valence-corrected chi connectivity index (χ0v) is 23.3. The summed E-state index contributed by atoms with van der Waals surface area (Å²) in [6.07, 6.45) is 7.44. The minimum atomic E-state index is -1.76. The van der Waals surface area contributed by atoms with E-state index in [1.54, 1.807) is 24.3 Å². The Labute approximate surface area is 244 Å². The summed E-state index contributed by atoms with van der Waals surface area (Å²) in [5, 5.41) is 6.28. The molecule has 214 valence electrons. The molecule has 4 heterocycles. The summed E-state index contributed by atoms with van der Waals surface area (Å²) in [6, 6.07) is 9.63. The second-order valence-corrected chi connectivity index (χ2v) is 11.4. The van der Waals surface area contributed by atoms with Crippen molar-refractivity contribution in [3.8, 4) is 0 Å². The van der Waals surface area contributed by atoms with Crippen molar-refractivity contribution >= 4 is 52.4 Å². The highest BCUT2D eigenvalue weighted by molar-refractivity contribution is 6.30. The molecule has 11 nitrogen and oxygen atoms in total. The highest BCUT2D eigenvalue weighted by Gasteiger charge is 2.61. The lowest BCUT2D eigenvalue weighted by atomic mass is 10.1. The standard InChI is InChI=1S/C29H26ClFN8O3/c1-37-25(40)14-39(28(37)42)22-7-17(16-5-6-16)12-38-13-20(35-26(22)38)11-32-23-9-24(34-15-33-23)36-27(41)21-10-29(21,31)18-3-2-4-19(30)8-18/h2-4,7-9,12-13,15-16,21H,5-6,10-11,14H2,1H3,(H2,32,33,34,36,41)/t21-,29+/m1/s1. The maximum Gasteiger partial charge on any atom is 0.331 e. The van der Waals surface area contributed by atoms with E-state index < -0.39 is 17.5 Å². The van der Waals surface area contributed by atoms with Gasteiger partial charge in [0.1, 0.15) is 30.2 Å². The molecule has 13 heteroatoms. The molecule has 1 saturated heterocycles. The van der Waals surface area contributed by atoms with Crippen LogP contribution in [0.4, 0.5) is 26.5 Å². The Morgan fingerprint density at radius 2 is 1.95 bits per heavy atom. The maximum absolute atomic E-state index is 15.4.